The van der Waals surface area contributed by atoms with Crippen molar-refractivity contribution < 1.29 is 0 Å². The van der Waals surface area contributed by atoms with Crippen LogP contribution in [0.25, 0.3) is 0 Å². The molecule has 2 heteroatoms. The van der Waals surface area contributed by atoms with Crippen molar-refractivity contribution in [1.29, 1.82) is 0 Å². The summed E-state index contributed by atoms with van der Waals surface area (Å²) in [5.74, 6) is 2.64. The maximum atomic E-state index is 3.73. The third-order valence-electron chi connectivity index (χ3n) is 4.39. The number of hydrogen-bond acceptors (Lipinski definition) is 2. The van der Waals surface area contributed by atoms with E-state index >= 15 is 0 Å². The van der Waals surface area contributed by atoms with Gasteiger partial charge in [0.05, 0.1) is 0 Å². The Labute approximate surface area is 101 Å². The molecular weight excluding hydrogens is 196 g/mol. The highest BCUT2D eigenvalue weighted by molar-refractivity contribution is 4.90. The Morgan fingerprint density at radius 1 is 1.25 bits per heavy atom. The smallest absolute Gasteiger partial charge is 0.0223 e. The molecule has 2 aliphatic rings. The van der Waals surface area contributed by atoms with E-state index < -0.39 is 0 Å². The van der Waals surface area contributed by atoms with Crippen molar-refractivity contribution in [1.82, 2.24) is 10.2 Å². The van der Waals surface area contributed by atoms with E-state index in [9.17, 15) is 0 Å². The summed E-state index contributed by atoms with van der Waals surface area (Å²) in [5.41, 5.74) is 0. The van der Waals surface area contributed by atoms with Gasteiger partial charge in [0.25, 0.3) is 0 Å². The highest BCUT2D eigenvalue weighted by Gasteiger charge is 2.33. The average Bonchev–Trinajstić information content (AvgIpc) is 3.03. The van der Waals surface area contributed by atoms with Gasteiger partial charge in [-0.2, -0.15) is 0 Å². The van der Waals surface area contributed by atoms with Gasteiger partial charge in [-0.25, -0.2) is 0 Å². The van der Waals surface area contributed by atoms with Crippen LogP contribution in [0.5, 0.6) is 0 Å². The molecule has 1 heterocycles. The Morgan fingerprint density at radius 3 is 2.62 bits per heavy atom. The van der Waals surface area contributed by atoms with Gasteiger partial charge in [0, 0.05) is 19.1 Å². The summed E-state index contributed by atoms with van der Waals surface area (Å²) in [7, 11) is 0. The van der Waals surface area contributed by atoms with Crippen molar-refractivity contribution >= 4 is 0 Å². The fraction of sp³-hybridized carbons (Fsp3) is 1.00. The molecule has 0 bridgehead atoms. The van der Waals surface area contributed by atoms with Crippen LogP contribution in [0.4, 0.5) is 0 Å². The normalized spacial score (nSPS) is 30.4. The van der Waals surface area contributed by atoms with Crippen LogP contribution in [-0.2, 0) is 0 Å². The second-order valence-corrected chi connectivity index (χ2v) is 6.23. The number of nitrogens with zero attached hydrogens (tertiary/aromatic N) is 1. The summed E-state index contributed by atoms with van der Waals surface area (Å²) >= 11 is 0. The molecule has 94 valence electrons. The molecule has 1 saturated carbocycles. The van der Waals surface area contributed by atoms with Crippen LogP contribution in [-0.4, -0.2) is 37.1 Å². The first-order chi connectivity index (χ1) is 7.66. The lowest BCUT2D eigenvalue weighted by molar-refractivity contribution is 0.203. The number of rotatable bonds is 4. The van der Waals surface area contributed by atoms with E-state index in [0.29, 0.717) is 0 Å². The predicted octanol–water partition coefficient (Wildman–Crippen LogP) is 2.35. The molecule has 0 aromatic carbocycles. The second-order valence-electron chi connectivity index (χ2n) is 6.23. The minimum Gasteiger partial charge on any atom is -0.312 e. The minimum absolute atomic E-state index is 0.793. The average molecular weight is 224 g/mol. The molecule has 0 aromatic heterocycles. The summed E-state index contributed by atoms with van der Waals surface area (Å²) < 4.78 is 0. The summed E-state index contributed by atoms with van der Waals surface area (Å²) in [6.45, 7) is 12.2. The van der Waals surface area contributed by atoms with E-state index in [1.54, 1.807) is 0 Å². The van der Waals surface area contributed by atoms with Gasteiger partial charge in [-0.05, 0) is 50.1 Å². The van der Waals surface area contributed by atoms with Gasteiger partial charge in [-0.3, -0.25) is 0 Å². The topological polar surface area (TPSA) is 15.3 Å². The van der Waals surface area contributed by atoms with Crippen LogP contribution in [0.2, 0.25) is 0 Å². The Balaban J connectivity index is 1.82. The SMILES string of the molecule is CC(C)C(C)CN1CCCNC(C2CC2)C1. The largest absolute Gasteiger partial charge is 0.312 e. The Kier molecular flexibility index (Phi) is 4.26. The molecule has 2 fully saturated rings. The minimum atomic E-state index is 0.793. The molecule has 0 spiro atoms. The summed E-state index contributed by atoms with van der Waals surface area (Å²) in [6.07, 6.45) is 4.25. The van der Waals surface area contributed by atoms with Crippen LogP contribution in [0, 0.1) is 17.8 Å². The van der Waals surface area contributed by atoms with Gasteiger partial charge in [-0.15, -0.1) is 0 Å². The van der Waals surface area contributed by atoms with Gasteiger partial charge in [-0.1, -0.05) is 20.8 Å². The quantitative estimate of drug-likeness (QED) is 0.788. The van der Waals surface area contributed by atoms with Gasteiger partial charge in [0.1, 0.15) is 0 Å². The lowest BCUT2D eigenvalue weighted by Crippen LogP contribution is -2.41. The predicted molar refractivity (Wildman–Crippen MR) is 69.6 cm³/mol. The number of hydrogen-bond donors (Lipinski definition) is 1. The molecule has 0 radical (unpaired) electrons. The molecule has 0 amide bonds. The van der Waals surface area contributed by atoms with Crippen molar-refractivity contribution in [3.8, 4) is 0 Å². The van der Waals surface area contributed by atoms with Gasteiger partial charge in [0.2, 0.25) is 0 Å². The third kappa shape index (κ3) is 3.46. The van der Waals surface area contributed by atoms with Gasteiger partial charge < -0.3 is 10.2 Å². The Hall–Kier alpha value is -0.0800. The molecular formula is C14H28N2. The van der Waals surface area contributed by atoms with Crippen molar-refractivity contribution in [2.75, 3.05) is 26.2 Å². The van der Waals surface area contributed by atoms with Crippen molar-refractivity contribution in [2.45, 2.75) is 46.1 Å². The van der Waals surface area contributed by atoms with E-state index in [-0.39, 0.29) is 0 Å². The lowest BCUT2D eigenvalue weighted by atomic mass is 9.97. The van der Waals surface area contributed by atoms with Gasteiger partial charge in [0.15, 0.2) is 0 Å². The van der Waals surface area contributed by atoms with E-state index in [0.717, 1.165) is 23.8 Å². The highest BCUT2D eigenvalue weighted by atomic mass is 15.2. The summed E-state index contributed by atoms with van der Waals surface area (Å²) in [6, 6.07) is 0.793. The van der Waals surface area contributed by atoms with E-state index in [2.05, 4.69) is 31.0 Å². The molecule has 2 nitrogen and oxygen atoms in total. The second kappa shape index (κ2) is 5.50. The van der Waals surface area contributed by atoms with Crippen molar-refractivity contribution in [3.63, 3.8) is 0 Å². The van der Waals surface area contributed by atoms with Crippen LogP contribution < -0.4 is 5.32 Å². The molecule has 1 saturated heterocycles. The van der Waals surface area contributed by atoms with Crippen molar-refractivity contribution in [3.05, 3.63) is 0 Å². The monoisotopic (exact) mass is 224 g/mol. The Bertz CT molecular complexity index is 211. The van der Waals surface area contributed by atoms with E-state index in [4.69, 9.17) is 0 Å². The van der Waals surface area contributed by atoms with Gasteiger partial charge >= 0.3 is 0 Å². The van der Waals surface area contributed by atoms with Crippen LogP contribution >= 0.6 is 0 Å². The van der Waals surface area contributed by atoms with Crippen LogP contribution in [0.1, 0.15) is 40.0 Å². The fourth-order valence-corrected chi connectivity index (χ4v) is 2.62. The maximum absolute atomic E-state index is 3.73. The molecule has 1 aliphatic heterocycles. The standard InChI is InChI=1S/C14H28N2/c1-11(2)12(3)9-16-8-4-7-15-14(10-16)13-5-6-13/h11-15H,4-10H2,1-3H3. The first-order valence-corrected chi connectivity index (χ1v) is 7.12. The molecule has 2 rings (SSSR count). The first-order valence-electron chi connectivity index (χ1n) is 7.12. The molecule has 2 atom stereocenters. The molecule has 2 unspecified atom stereocenters. The van der Waals surface area contributed by atoms with Crippen molar-refractivity contribution in [2.24, 2.45) is 17.8 Å². The molecule has 0 aromatic rings. The van der Waals surface area contributed by atoms with E-state index in [1.165, 1.54) is 45.4 Å². The maximum Gasteiger partial charge on any atom is 0.0223 e. The summed E-state index contributed by atoms with van der Waals surface area (Å²) in [4.78, 5) is 2.70. The molecule has 1 aliphatic carbocycles. The zero-order valence-corrected chi connectivity index (χ0v) is 11.2. The molecule has 1 N–H and O–H groups in total. The highest BCUT2D eigenvalue weighted by Crippen LogP contribution is 2.33. The summed E-state index contributed by atoms with van der Waals surface area (Å²) in [5, 5.41) is 3.73. The lowest BCUT2D eigenvalue weighted by Gasteiger charge is -2.28. The number of nitrogens with one attached hydrogen (secondary N) is 1. The van der Waals surface area contributed by atoms with Crippen LogP contribution in [0.15, 0.2) is 0 Å². The Morgan fingerprint density at radius 2 is 2.00 bits per heavy atom. The zero-order valence-electron chi connectivity index (χ0n) is 11.2. The first kappa shape index (κ1) is 12.4. The zero-order chi connectivity index (χ0) is 11.5. The fourth-order valence-electron chi connectivity index (χ4n) is 2.62. The molecule has 16 heavy (non-hydrogen) atoms. The van der Waals surface area contributed by atoms with Crippen LogP contribution in [0.3, 0.4) is 0 Å². The third-order valence-corrected chi connectivity index (χ3v) is 4.39. The van der Waals surface area contributed by atoms with E-state index in [1.807, 2.05) is 0 Å².